The zero-order valence-corrected chi connectivity index (χ0v) is 21.0. The van der Waals surface area contributed by atoms with Crippen LogP contribution in [0, 0.1) is 0 Å². The number of carbonyl (C=O) groups is 2. The summed E-state index contributed by atoms with van der Waals surface area (Å²) in [6.07, 6.45) is -0.304. The minimum Gasteiger partial charge on any atom is -0.323 e. The number of carbonyl (C=O) groups excluding carboxylic acids is 2. The lowest BCUT2D eigenvalue weighted by atomic mass is 10.1. The van der Waals surface area contributed by atoms with Crippen LogP contribution in [-0.2, 0) is 19.6 Å². The van der Waals surface area contributed by atoms with Gasteiger partial charge in [0.2, 0.25) is 11.8 Å². The molecule has 4 aromatic rings. The minimum atomic E-state index is -3.78. The lowest BCUT2D eigenvalue weighted by Gasteiger charge is -2.25. The van der Waals surface area contributed by atoms with Gasteiger partial charge in [0.05, 0.1) is 22.0 Å². The summed E-state index contributed by atoms with van der Waals surface area (Å²) in [4.78, 5) is 27.2. The minimum absolute atomic E-state index is 0.159. The molecule has 1 N–H and O–H groups in total. The molecule has 5 rings (SSSR count). The maximum atomic E-state index is 13.1. The first-order valence-electron chi connectivity index (χ1n) is 10.7. The molecule has 0 aliphatic carbocycles. The van der Waals surface area contributed by atoms with Crippen LogP contribution in [0.3, 0.4) is 0 Å². The topological polar surface area (TPSA) is 86.8 Å². The summed E-state index contributed by atoms with van der Waals surface area (Å²) in [6.45, 7) is 0. The van der Waals surface area contributed by atoms with Crippen LogP contribution < -0.4 is 14.5 Å². The van der Waals surface area contributed by atoms with Gasteiger partial charge in [-0.05, 0) is 53.9 Å². The van der Waals surface area contributed by atoms with Crippen molar-refractivity contribution in [3.8, 4) is 0 Å². The molecule has 1 aliphatic heterocycles. The molecule has 0 saturated carbocycles. The molecule has 0 fully saturated rings. The molecule has 1 heterocycles. The van der Waals surface area contributed by atoms with Gasteiger partial charge in [0.15, 0.2) is 0 Å². The Hall–Kier alpha value is -3.69. The second kappa shape index (κ2) is 8.83. The zero-order chi connectivity index (χ0) is 24.7. The molecule has 0 aromatic heterocycles. The Morgan fingerprint density at radius 1 is 0.914 bits per heavy atom. The van der Waals surface area contributed by atoms with E-state index >= 15 is 0 Å². The zero-order valence-electron chi connectivity index (χ0n) is 18.6. The number of fused-ring (bicyclic) bond motifs is 3. The molecular weight excluding hydrogens is 530 g/mol. The van der Waals surface area contributed by atoms with Crippen LogP contribution in [-0.4, -0.2) is 27.3 Å². The summed E-state index contributed by atoms with van der Waals surface area (Å²) in [5.41, 5.74) is 2.09. The maximum Gasteiger partial charge on any atom is 0.264 e. The number of rotatable bonds is 4. The predicted octanol–water partition coefficient (Wildman–Crippen LogP) is 5.43. The molecular formula is C26H20BrN3O4S. The Morgan fingerprint density at radius 3 is 2.40 bits per heavy atom. The number of sulfonamides is 1. The fraction of sp³-hybridized carbons (Fsp3) is 0.0769. The number of nitrogens with zero attached hydrogens (tertiary/aromatic N) is 2. The quantitative estimate of drug-likeness (QED) is 0.343. The number of halogens is 1. The average molecular weight is 550 g/mol. The van der Waals surface area contributed by atoms with E-state index in [4.69, 9.17) is 0 Å². The van der Waals surface area contributed by atoms with E-state index in [-0.39, 0.29) is 23.1 Å². The fourth-order valence-electron chi connectivity index (χ4n) is 4.13. The SMILES string of the molecule is CN(c1ccc(N2C(=O)CC(=O)Nc3c2ccc2ccccc32)cc1)S(=O)(=O)c1cccc(Br)c1. The van der Waals surface area contributed by atoms with Crippen LogP contribution in [0.2, 0.25) is 0 Å². The Balaban J connectivity index is 1.54. The summed E-state index contributed by atoms with van der Waals surface area (Å²) in [5, 5.41) is 4.64. The van der Waals surface area contributed by atoms with E-state index in [0.717, 1.165) is 10.8 Å². The van der Waals surface area contributed by atoms with Crippen molar-refractivity contribution >= 4 is 71.3 Å². The number of nitrogens with one attached hydrogen (secondary N) is 1. The Kier molecular flexibility index (Phi) is 5.82. The number of hydrogen-bond donors (Lipinski definition) is 1. The lowest BCUT2D eigenvalue weighted by Crippen LogP contribution is -2.27. The van der Waals surface area contributed by atoms with Crippen LogP contribution in [0.5, 0.6) is 0 Å². The van der Waals surface area contributed by atoms with E-state index in [1.807, 2.05) is 30.3 Å². The normalized spacial score (nSPS) is 13.8. The molecule has 1 aliphatic rings. The van der Waals surface area contributed by atoms with Crippen molar-refractivity contribution < 1.29 is 18.0 Å². The van der Waals surface area contributed by atoms with Gasteiger partial charge in [0, 0.05) is 22.6 Å². The molecule has 35 heavy (non-hydrogen) atoms. The summed E-state index contributed by atoms with van der Waals surface area (Å²) in [7, 11) is -2.30. The monoisotopic (exact) mass is 549 g/mol. The van der Waals surface area contributed by atoms with Gasteiger partial charge in [0.1, 0.15) is 6.42 Å². The van der Waals surface area contributed by atoms with E-state index in [2.05, 4.69) is 21.2 Å². The van der Waals surface area contributed by atoms with Crippen molar-refractivity contribution in [2.45, 2.75) is 11.3 Å². The van der Waals surface area contributed by atoms with Gasteiger partial charge in [-0.15, -0.1) is 0 Å². The largest absolute Gasteiger partial charge is 0.323 e. The molecule has 7 nitrogen and oxygen atoms in total. The fourth-order valence-corrected chi connectivity index (χ4v) is 5.92. The number of amides is 2. The standard InChI is InChI=1S/C26H20BrN3O4S/c1-29(35(33,34)21-7-4-6-18(27)15-21)19-10-12-20(13-11-19)30-23-14-9-17-5-2-3-8-22(17)26(23)28-24(31)16-25(30)32/h2-15H,16H2,1H3,(H,28,31). The molecule has 0 bridgehead atoms. The first-order chi connectivity index (χ1) is 16.8. The van der Waals surface area contributed by atoms with Gasteiger partial charge in [-0.25, -0.2) is 8.42 Å². The first kappa shape index (κ1) is 23.1. The number of hydrogen-bond acceptors (Lipinski definition) is 4. The van der Waals surface area contributed by atoms with E-state index in [0.29, 0.717) is 27.2 Å². The van der Waals surface area contributed by atoms with Crippen molar-refractivity contribution in [3.63, 3.8) is 0 Å². The molecule has 0 atom stereocenters. The van der Waals surface area contributed by atoms with Gasteiger partial charge < -0.3 is 5.32 Å². The maximum absolute atomic E-state index is 13.1. The van der Waals surface area contributed by atoms with Gasteiger partial charge in [0.25, 0.3) is 10.0 Å². The van der Waals surface area contributed by atoms with Crippen molar-refractivity contribution in [3.05, 3.63) is 89.4 Å². The van der Waals surface area contributed by atoms with Crippen LogP contribution in [0.15, 0.2) is 94.3 Å². The average Bonchev–Trinajstić information content (AvgIpc) is 2.98. The van der Waals surface area contributed by atoms with E-state index in [9.17, 15) is 18.0 Å². The lowest BCUT2D eigenvalue weighted by molar-refractivity contribution is -0.124. The third-order valence-electron chi connectivity index (χ3n) is 5.90. The van der Waals surface area contributed by atoms with E-state index < -0.39 is 10.0 Å². The predicted molar refractivity (Wildman–Crippen MR) is 141 cm³/mol. The van der Waals surface area contributed by atoms with E-state index in [1.54, 1.807) is 48.5 Å². The molecule has 0 unspecified atom stereocenters. The summed E-state index contributed by atoms with van der Waals surface area (Å²) in [6, 6.07) is 24.5. The molecule has 0 saturated heterocycles. The van der Waals surface area contributed by atoms with Crippen LogP contribution in [0.25, 0.3) is 10.8 Å². The van der Waals surface area contributed by atoms with Crippen molar-refractivity contribution in [2.75, 3.05) is 21.6 Å². The molecule has 176 valence electrons. The van der Waals surface area contributed by atoms with Crippen LogP contribution >= 0.6 is 15.9 Å². The Labute approximate surface area is 211 Å². The van der Waals surface area contributed by atoms with Crippen molar-refractivity contribution in [1.82, 2.24) is 0 Å². The summed E-state index contributed by atoms with van der Waals surface area (Å²) in [5.74, 6) is -0.758. The second-order valence-electron chi connectivity index (χ2n) is 8.08. The highest BCUT2D eigenvalue weighted by molar-refractivity contribution is 9.10. The number of anilines is 4. The highest BCUT2D eigenvalue weighted by Gasteiger charge is 2.29. The molecule has 2 amide bonds. The first-order valence-corrected chi connectivity index (χ1v) is 13.0. The van der Waals surface area contributed by atoms with Crippen LogP contribution in [0.4, 0.5) is 22.7 Å². The van der Waals surface area contributed by atoms with Crippen LogP contribution in [0.1, 0.15) is 6.42 Å². The number of benzene rings is 4. The van der Waals surface area contributed by atoms with Crippen molar-refractivity contribution in [2.24, 2.45) is 0 Å². The van der Waals surface area contributed by atoms with E-state index in [1.165, 1.54) is 22.3 Å². The highest BCUT2D eigenvalue weighted by Crippen LogP contribution is 2.40. The molecule has 9 heteroatoms. The van der Waals surface area contributed by atoms with Crippen molar-refractivity contribution in [1.29, 1.82) is 0 Å². The van der Waals surface area contributed by atoms with Gasteiger partial charge in [-0.3, -0.25) is 18.8 Å². The smallest absolute Gasteiger partial charge is 0.264 e. The third-order valence-corrected chi connectivity index (χ3v) is 8.17. The van der Waals surface area contributed by atoms with Gasteiger partial charge in [-0.1, -0.05) is 52.3 Å². The second-order valence-corrected chi connectivity index (χ2v) is 11.0. The summed E-state index contributed by atoms with van der Waals surface area (Å²) < 4.78 is 28.0. The summed E-state index contributed by atoms with van der Waals surface area (Å²) >= 11 is 3.31. The molecule has 0 spiro atoms. The highest BCUT2D eigenvalue weighted by atomic mass is 79.9. The molecule has 4 aromatic carbocycles. The van der Waals surface area contributed by atoms with Gasteiger partial charge >= 0.3 is 0 Å². The Bertz CT molecular complexity index is 1590. The Morgan fingerprint density at radius 2 is 1.66 bits per heavy atom. The molecule has 0 radical (unpaired) electrons. The van der Waals surface area contributed by atoms with Gasteiger partial charge in [-0.2, -0.15) is 0 Å². The third kappa shape index (κ3) is 4.17.